The minimum atomic E-state index is 0.207. The van der Waals surface area contributed by atoms with Crippen LogP contribution in [0.1, 0.15) is 51.1 Å². The van der Waals surface area contributed by atoms with Crippen molar-refractivity contribution in [3.8, 4) is 0 Å². The Bertz CT molecular complexity index is 485. The summed E-state index contributed by atoms with van der Waals surface area (Å²) in [5.41, 5.74) is 1.13. The van der Waals surface area contributed by atoms with E-state index in [0.717, 1.165) is 44.0 Å². The van der Waals surface area contributed by atoms with Gasteiger partial charge in [0.25, 0.3) is 0 Å². The van der Waals surface area contributed by atoms with Crippen molar-refractivity contribution in [2.75, 3.05) is 31.1 Å². The fourth-order valence-electron chi connectivity index (χ4n) is 3.74. The fourth-order valence-corrected chi connectivity index (χ4v) is 3.74. The summed E-state index contributed by atoms with van der Waals surface area (Å²) in [6.45, 7) is 8.02. The van der Waals surface area contributed by atoms with Gasteiger partial charge in [0.1, 0.15) is 5.82 Å². The number of rotatable bonds is 4. The smallest absolute Gasteiger partial charge is 0.147 e. The zero-order valence-electron chi connectivity index (χ0n) is 13.8. The summed E-state index contributed by atoms with van der Waals surface area (Å²) in [6.07, 6.45) is 8.29. The molecule has 5 heteroatoms. The number of likely N-dealkylation sites (tertiary alicyclic amines) is 1. The molecule has 22 heavy (non-hydrogen) atoms. The standard InChI is InChI=1S/C17H28N4O/c1-13(2)20-8-5-14(6-9-20)16-10-18-11-17(19-16)21-7-3-4-15(21)12-22/h10-11,13-15,22H,3-9,12H2,1-2H3/t15-/m1/s1. The topological polar surface area (TPSA) is 52.5 Å². The Hall–Kier alpha value is -1.20. The van der Waals surface area contributed by atoms with Crippen molar-refractivity contribution in [1.29, 1.82) is 0 Å². The van der Waals surface area contributed by atoms with Crippen LogP contribution in [-0.2, 0) is 0 Å². The summed E-state index contributed by atoms with van der Waals surface area (Å²) in [6, 6.07) is 0.848. The highest BCUT2D eigenvalue weighted by atomic mass is 16.3. The summed E-state index contributed by atoms with van der Waals surface area (Å²) in [4.78, 5) is 14.1. The number of anilines is 1. The van der Waals surface area contributed by atoms with Crippen LogP contribution in [0, 0.1) is 0 Å². The Labute approximate surface area is 133 Å². The second kappa shape index (κ2) is 6.92. The third kappa shape index (κ3) is 3.25. The molecule has 0 amide bonds. The van der Waals surface area contributed by atoms with E-state index < -0.39 is 0 Å². The zero-order chi connectivity index (χ0) is 15.5. The molecule has 2 fully saturated rings. The summed E-state index contributed by atoms with van der Waals surface area (Å²) in [5, 5.41) is 9.50. The van der Waals surface area contributed by atoms with E-state index in [1.807, 2.05) is 12.4 Å². The third-order valence-corrected chi connectivity index (χ3v) is 5.20. The van der Waals surface area contributed by atoms with Gasteiger partial charge in [-0.15, -0.1) is 0 Å². The average Bonchev–Trinajstić information content (AvgIpc) is 3.04. The molecule has 2 aliphatic heterocycles. The van der Waals surface area contributed by atoms with E-state index in [1.54, 1.807) is 0 Å². The molecule has 0 aliphatic carbocycles. The lowest BCUT2D eigenvalue weighted by atomic mass is 9.93. The molecule has 1 aromatic rings. The average molecular weight is 304 g/mol. The molecule has 2 saturated heterocycles. The van der Waals surface area contributed by atoms with Crippen LogP contribution in [0.25, 0.3) is 0 Å². The van der Waals surface area contributed by atoms with E-state index in [9.17, 15) is 5.11 Å². The van der Waals surface area contributed by atoms with Crippen LogP contribution in [0.2, 0.25) is 0 Å². The van der Waals surface area contributed by atoms with Crippen LogP contribution >= 0.6 is 0 Å². The monoisotopic (exact) mass is 304 g/mol. The van der Waals surface area contributed by atoms with Crippen LogP contribution in [-0.4, -0.2) is 58.3 Å². The highest BCUT2D eigenvalue weighted by Crippen LogP contribution is 2.29. The maximum Gasteiger partial charge on any atom is 0.147 e. The Kier molecular flexibility index (Phi) is 4.93. The van der Waals surface area contributed by atoms with E-state index in [0.29, 0.717) is 12.0 Å². The largest absolute Gasteiger partial charge is 0.394 e. The van der Waals surface area contributed by atoms with Crippen LogP contribution in [0.5, 0.6) is 0 Å². The van der Waals surface area contributed by atoms with Crippen molar-refractivity contribution in [2.45, 2.75) is 57.5 Å². The summed E-state index contributed by atoms with van der Waals surface area (Å²) in [7, 11) is 0. The van der Waals surface area contributed by atoms with Crippen molar-refractivity contribution in [3.63, 3.8) is 0 Å². The minimum Gasteiger partial charge on any atom is -0.394 e. The first-order valence-electron chi connectivity index (χ1n) is 8.62. The van der Waals surface area contributed by atoms with Gasteiger partial charge >= 0.3 is 0 Å². The molecule has 0 spiro atoms. The molecule has 1 N–H and O–H groups in total. The van der Waals surface area contributed by atoms with Gasteiger partial charge in [-0.1, -0.05) is 0 Å². The van der Waals surface area contributed by atoms with Gasteiger partial charge in [-0.3, -0.25) is 4.98 Å². The van der Waals surface area contributed by atoms with Crippen molar-refractivity contribution in [3.05, 3.63) is 18.1 Å². The van der Waals surface area contributed by atoms with Crippen molar-refractivity contribution >= 4 is 5.82 Å². The van der Waals surface area contributed by atoms with Crippen molar-refractivity contribution in [1.82, 2.24) is 14.9 Å². The Morgan fingerprint density at radius 3 is 2.64 bits per heavy atom. The molecular formula is C17H28N4O. The highest BCUT2D eigenvalue weighted by molar-refractivity contribution is 5.39. The van der Waals surface area contributed by atoms with Crippen LogP contribution < -0.4 is 4.90 Å². The molecule has 0 saturated carbocycles. The lowest BCUT2D eigenvalue weighted by molar-refractivity contribution is 0.170. The normalized spacial score (nSPS) is 24.4. The predicted octanol–water partition coefficient (Wildman–Crippen LogP) is 2.03. The molecule has 122 valence electrons. The van der Waals surface area contributed by atoms with E-state index in [-0.39, 0.29) is 12.6 Å². The van der Waals surface area contributed by atoms with E-state index in [4.69, 9.17) is 4.98 Å². The van der Waals surface area contributed by atoms with Crippen LogP contribution in [0.4, 0.5) is 5.82 Å². The molecule has 5 nitrogen and oxygen atoms in total. The number of hydrogen-bond donors (Lipinski definition) is 1. The summed E-state index contributed by atoms with van der Waals surface area (Å²) in [5.74, 6) is 1.47. The van der Waals surface area contributed by atoms with Gasteiger partial charge in [0, 0.05) is 24.7 Å². The number of aliphatic hydroxyl groups is 1. The van der Waals surface area contributed by atoms with Gasteiger partial charge in [0.15, 0.2) is 0 Å². The lowest BCUT2D eigenvalue weighted by Gasteiger charge is -2.34. The number of aromatic nitrogens is 2. The van der Waals surface area contributed by atoms with E-state index in [2.05, 4.69) is 28.6 Å². The molecule has 0 bridgehead atoms. The third-order valence-electron chi connectivity index (χ3n) is 5.20. The molecule has 3 rings (SSSR count). The molecule has 1 atom stereocenters. The van der Waals surface area contributed by atoms with Gasteiger partial charge in [-0.2, -0.15) is 0 Å². The molecule has 1 aromatic heterocycles. The Balaban J connectivity index is 1.69. The Morgan fingerprint density at radius 1 is 1.18 bits per heavy atom. The van der Waals surface area contributed by atoms with Gasteiger partial charge in [-0.05, 0) is 52.6 Å². The fraction of sp³-hybridized carbons (Fsp3) is 0.765. The quantitative estimate of drug-likeness (QED) is 0.922. The van der Waals surface area contributed by atoms with Crippen LogP contribution in [0.15, 0.2) is 12.4 Å². The number of hydrogen-bond acceptors (Lipinski definition) is 5. The van der Waals surface area contributed by atoms with Gasteiger partial charge in [-0.25, -0.2) is 4.98 Å². The minimum absolute atomic E-state index is 0.207. The first-order chi connectivity index (χ1) is 10.7. The molecule has 0 aromatic carbocycles. The second-order valence-electron chi connectivity index (χ2n) is 6.88. The summed E-state index contributed by atoms with van der Waals surface area (Å²) >= 11 is 0. The molecule has 0 unspecified atom stereocenters. The van der Waals surface area contributed by atoms with E-state index in [1.165, 1.54) is 12.8 Å². The van der Waals surface area contributed by atoms with Crippen molar-refractivity contribution in [2.24, 2.45) is 0 Å². The maximum atomic E-state index is 9.50. The second-order valence-corrected chi connectivity index (χ2v) is 6.88. The highest BCUT2D eigenvalue weighted by Gasteiger charge is 2.27. The van der Waals surface area contributed by atoms with Crippen LogP contribution in [0.3, 0.4) is 0 Å². The molecule has 3 heterocycles. The number of nitrogens with zero attached hydrogens (tertiary/aromatic N) is 4. The Morgan fingerprint density at radius 2 is 1.95 bits per heavy atom. The van der Waals surface area contributed by atoms with E-state index >= 15 is 0 Å². The molecule has 0 radical (unpaired) electrons. The lowest BCUT2D eigenvalue weighted by Crippen LogP contribution is -2.38. The van der Waals surface area contributed by atoms with Gasteiger partial charge in [0.2, 0.25) is 0 Å². The summed E-state index contributed by atoms with van der Waals surface area (Å²) < 4.78 is 0. The van der Waals surface area contributed by atoms with Gasteiger partial charge < -0.3 is 14.9 Å². The maximum absolute atomic E-state index is 9.50. The number of aliphatic hydroxyl groups excluding tert-OH is 1. The predicted molar refractivity (Wildman–Crippen MR) is 88.2 cm³/mol. The molecular weight excluding hydrogens is 276 g/mol. The first kappa shape index (κ1) is 15.7. The zero-order valence-corrected chi connectivity index (χ0v) is 13.8. The molecule has 2 aliphatic rings. The van der Waals surface area contributed by atoms with Gasteiger partial charge in [0.05, 0.1) is 24.5 Å². The van der Waals surface area contributed by atoms with Crippen molar-refractivity contribution < 1.29 is 5.11 Å². The number of piperidine rings is 1. The first-order valence-corrected chi connectivity index (χ1v) is 8.62. The SMILES string of the molecule is CC(C)N1CCC(c2cncc(N3CCC[C@@H]3CO)n2)CC1.